The van der Waals surface area contributed by atoms with Crippen molar-refractivity contribution in [1.82, 2.24) is 5.32 Å². The lowest BCUT2D eigenvalue weighted by molar-refractivity contribution is 0.0953. The van der Waals surface area contributed by atoms with Crippen molar-refractivity contribution in [3.05, 3.63) is 101 Å². The van der Waals surface area contributed by atoms with Crippen molar-refractivity contribution in [3.63, 3.8) is 0 Å². The van der Waals surface area contributed by atoms with Crippen molar-refractivity contribution >= 4 is 17.2 Å². The second-order valence-corrected chi connectivity index (χ2v) is 6.99. The summed E-state index contributed by atoms with van der Waals surface area (Å²) >= 11 is 0. The van der Waals surface area contributed by atoms with E-state index in [1.807, 2.05) is 63.3 Å². The highest BCUT2D eigenvalue weighted by molar-refractivity contribution is 6.19. The fourth-order valence-corrected chi connectivity index (χ4v) is 3.06. The molecular formula is C26H28F2N2O. The van der Waals surface area contributed by atoms with Gasteiger partial charge in [0.05, 0.1) is 5.71 Å². The van der Waals surface area contributed by atoms with Crippen LogP contribution < -0.4 is 5.32 Å². The lowest BCUT2D eigenvalue weighted by Crippen LogP contribution is -2.24. The number of allylic oxidation sites excluding steroid dienone is 6. The molecule has 1 aliphatic carbocycles. The zero-order valence-electron chi connectivity index (χ0n) is 18.1. The molecule has 0 bridgehead atoms. The molecule has 0 fully saturated rings. The second kappa shape index (κ2) is 11.7. The Balaban J connectivity index is 0.000000285. The number of rotatable bonds is 5. The Morgan fingerprint density at radius 1 is 1.10 bits per heavy atom. The first kappa shape index (κ1) is 23.9. The third-order valence-corrected chi connectivity index (χ3v) is 4.76. The monoisotopic (exact) mass is 422 g/mol. The van der Waals surface area contributed by atoms with E-state index in [0.29, 0.717) is 17.8 Å². The third kappa shape index (κ3) is 6.57. The molecule has 0 unspecified atom stereocenters. The predicted molar refractivity (Wildman–Crippen MR) is 123 cm³/mol. The van der Waals surface area contributed by atoms with Gasteiger partial charge < -0.3 is 10.7 Å². The number of hydrogen-bond acceptors (Lipinski definition) is 2. The lowest BCUT2D eigenvalue weighted by atomic mass is 9.90. The van der Waals surface area contributed by atoms with Crippen LogP contribution in [0.4, 0.5) is 8.78 Å². The van der Waals surface area contributed by atoms with Gasteiger partial charge in [-0.05, 0) is 66.8 Å². The Hall–Kier alpha value is -3.34. The fraction of sp³-hybridized carbons (Fsp3) is 0.231. The summed E-state index contributed by atoms with van der Waals surface area (Å²) in [6, 6.07) is 11.5. The minimum Gasteiger partial charge on any atom is -0.352 e. The highest BCUT2D eigenvalue weighted by Crippen LogP contribution is 2.27. The predicted octanol–water partition coefficient (Wildman–Crippen LogP) is 6.27. The molecule has 0 saturated heterocycles. The van der Waals surface area contributed by atoms with Crippen LogP contribution in [0.5, 0.6) is 0 Å². The maximum absolute atomic E-state index is 12.4. The molecule has 0 saturated carbocycles. The van der Waals surface area contributed by atoms with Crippen LogP contribution in [0.25, 0.3) is 5.57 Å². The van der Waals surface area contributed by atoms with E-state index in [0.717, 1.165) is 41.2 Å². The van der Waals surface area contributed by atoms with E-state index >= 15 is 0 Å². The number of amides is 1. The van der Waals surface area contributed by atoms with Crippen molar-refractivity contribution in [2.45, 2.75) is 33.6 Å². The van der Waals surface area contributed by atoms with Gasteiger partial charge in [0.2, 0.25) is 0 Å². The highest BCUT2D eigenvalue weighted by Gasteiger charge is 2.14. The molecule has 2 aromatic rings. The molecule has 0 radical (unpaired) electrons. The average molecular weight is 423 g/mol. The van der Waals surface area contributed by atoms with Gasteiger partial charge in [0, 0.05) is 17.7 Å². The Morgan fingerprint density at radius 2 is 1.87 bits per heavy atom. The van der Waals surface area contributed by atoms with E-state index in [1.165, 1.54) is 6.07 Å². The molecule has 1 aliphatic rings. The topological polar surface area (TPSA) is 53.0 Å². The van der Waals surface area contributed by atoms with E-state index in [9.17, 15) is 13.6 Å². The van der Waals surface area contributed by atoms with Crippen LogP contribution in [0.2, 0.25) is 0 Å². The van der Waals surface area contributed by atoms with E-state index in [-0.39, 0.29) is 5.91 Å². The zero-order chi connectivity index (χ0) is 22.8. The normalized spacial score (nSPS) is 14.0. The first-order valence-electron chi connectivity index (χ1n) is 10.4. The SMILES string of the molecule is C/C=C1\C(=N)C=CC=C1c1cccc(C(=O)NCCC)c1.CCc1ccc(F)c(F)c1. The molecule has 162 valence electrons. The van der Waals surface area contributed by atoms with Crippen LogP contribution in [-0.2, 0) is 6.42 Å². The van der Waals surface area contributed by atoms with Gasteiger partial charge in [0.15, 0.2) is 11.6 Å². The summed E-state index contributed by atoms with van der Waals surface area (Å²) in [4.78, 5) is 12.1. The molecule has 31 heavy (non-hydrogen) atoms. The van der Waals surface area contributed by atoms with E-state index in [4.69, 9.17) is 5.41 Å². The third-order valence-electron chi connectivity index (χ3n) is 4.76. The summed E-state index contributed by atoms with van der Waals surface area (Å²) in [6.07, 6.45) is 9.21. The van der Waals surface area contributed by atoms with Gasteiger partial charge in [0.25, 0.3) is 5.91 Å². The summed E-state index contributed by atoms with van der Waals surface area (Å²) in [5.41, 5.74) is 4.80. The van der Waals surface area contributed by atoms with Gasteiger partial charge in [-0.1, -0.05) is 50.3 Å². The number of benzene rings is 2. The standard InChI is InChI=1S/C18H20N2O.C8H8F2/c1-3-11-20-18(21)14-8-5-7-13(12-14)16-9-6-10-17(19)15(16)4-2;1-2-6-3-4-7(9)8(10)5-6/h4-10,12,19H,3,11H2,1-2H3,(H,20,21);3-5H,2H2,1H3/b15-4-,19-17?;. The molecule has 3 nitrogen and oxygen atoms in total. The first-order chi connectivity index (χ1) is 14.9. The van der Waals surface area contributed by atoms with E-state index in [1.54, 1.807) is 12.1 Å². The molecular weight excluding hydrogens is 394 g/mol. The average Bonchev–Trinajstić information content (AvgIpc) is 2.79. The summed E-state index contributed by atoms with van der Waals surface area (Å²) < 4.78 is 24.7. The van der Waals surface area contributed by atoms with Crippen molar-refractivity contribution in [3.8, 4) is 0 Å². The lowest BCUT2D eigenvalue weighted by Gasteiger charge is -2.15. The van der Waals surface area contributed by atoms with Crippen molar-refractivity contribution in [2.75, 3.05) is 6.54 Å². The van der Waals surface area contributed by atoms with Crippen LogP contribution >= 0.6 is 0 Å². The molecule has 2 N–H and O–H groups in total. The fourth-order valence-electron chi connectivity index (χ4n) is 3.06. The van der Waals surface area contributed by atoms with Crippen LogP contribution in [0, 0.1) is 17.0 Å². The van der Waals surface area contributed by atoms with Gasteiger partial charge in [-0.25, -0.2) is 8.78 Å². The molecule has 2 aromatic carbocycles. The van der Waals surface area contributed by atoms with Crippen LogP contribution in [0.15, 0.2) is 72.3 Å². The number of carbonyl (C=O) groups excluding carboxylic acids is 1. The van der Waals surface area contributed by atoms with E-state index < -0.39 is 11.6 Å². The number of hydrogen-bond donors (Lipinski definition) is 2. The summed E-state index contributed by atoms with van der Waals surface area (Å²) in [5, 5.41) is 10.9. The van der Waals surface area contributed by atoms with Crippen molar-refractivity contribution in [2.24, 2.45) is 0 Å². The molecule has 5 heteroatoms. The molecule has 0 aromatic heterocycles. The van der Waals surface area contributed by atoms with Crippen molar-refractivity contribution < 1.29 is 13.6 Å². The van der Waals surface area contributed by atoms with E-state index in [2.05, 4.69) is 5.32 Å². The van der Waals surface area contributed by atoms with Gasteiger partial charge in [-0.3, -0.25) is 4.79 Å². The van der Waals surface area contributed by atoms with Crippen LogP contribution in [0.1, 0.15) is 48.7 Å². The minimum atomic E-state index is -0.780. The minimum absolute atomic E-state index is 0.0530. The van der Waals surface area contributed by atoms with Crippen LogP contribution in [-0.4, -0.2) is 18.2 Å². The molecule has 0 heterocycles. The van der Waals surface area contributed by atoms with Gasteiger partial charge in [-0.2, -0.15) is 0 Å². The summed E-state index contributed by atoms with van der Waals surface area (Å²) in [6.45, 7) is 6.53. The maximum atomic E-state index is 12.4. The molecule has 0 aliphatic heterocycles. The van der Waals surface area contributed by atoms with Crippen LogP contribution in [0.3, 0.4) is 0 Å². The van der Waals surface area contributed by atoms with Gasteiger partial charge in [-0.15, -0.1) is 0 Å². The zero-order valence-corrected chi connectivity index (χ0v) is 18.1. The molecule has 0 atom stereocenters. The number of nitrogens with one attached hydrogen (secondary N) is 2. The Kier molecular flexibility index (Phi) is 9.07. The first-order valence-corrected chi connectivity index (χ1v) is 10.4. The van der Waals surface area contributed by atoms with Gasteiger partial charge >= 0.3 is 0 Å². The summed E-state index contributed by atoms with van der Waals surface area (Å²) in [5.74, 6) is -1.60. The Bertz CT molecular complexity index is 1040. The number of aryl methyl sites for hydroxylation is 1. The summed E-state index contributed by atoms with van der Waals surface area (Å²) in [7, 11) is 0. The largest absolute Gasteiger partial charge is 0.352 e. The Labute approximate surface area is 182 Å². The quantitative estimate of drug-likeness (QED) is 0.586. The number of halogens is 2. The molecule has 0 spiro atoms. The molecule has 1 amide bonds. The van der Waals surface area contributed by atoms with Gasteiger partial charge in [0.1, 0.15) is 0 Å². The second-order valence-electron chi connectivity index (χ2n) is 6.99. The number of carbonyl (C=O) groups is 1. The highest BCUT2D eigenvalue weighted by atomic mass is 19.2. The Morgan fingerprint density at radius 3 is 2.52 bits per heavy atom. The maximum Gasteiger partial charge on any atom is 0.251 e. The van der Waals surface area contributed by atoms with Crippen molar-refractivity contribution in [1.29, 1.82) is 5.41 Å². The smallest absolute Gasteiger partial charge is 0.251 e. The molecule has 3 rings (SSSR count).